The highest BCUT2D eigenvalue weighted by molar-refractivity contribution is 5.78. The lowest BCUT2D eigenvalue weighted by Gasteiger charge is -2.20. The number of allylic oxidation sites excluding steroid dienone is 3. The Hall–Kier alpha value is -3.74. The van der Waals surface area contributed by atoms with Crippen LogP contribution in [0.5, 0.6) is 5.75 Å². The second kappa shape index (κ2) is 14.1. The first-order chi connectivity index (χ1) is 17.5. The fourth-order valence-corrected chi connectivity index (χ4v) is 3.55. The average molecular weight is 510 g/mol. The van der Waals surface area contributed by atoms with Gasteiger partial charge in [0.25, 0.3) is 0 Å². The minimum absolute atomic E-state index is 0.125. The number of ether oxygens (including phenoxy) is 3. The van der Waals surface area contributed by atoms with E-state index in [4.69, 9.17) is 14.2 Å². The SMILES string of the molecule is CCOC(=O)Cc1ccccc1OC(C)/C=C\C(=C(\O)CC)c1ccccc1CNC(=O)OC(C)(C)C. The van der Waals surface area contributed by atoms with Crippen LogP contribution in [0, 0.1) is 0 Å². The number of hydrogen-bond donors (Lipinski definition) is 2. The van der Waals surface area contributed by atoms with Crippen LogP contribution in [0.3, 0.4) is 0 Å². The van der Waals surface area contributed by atoms with Crippen molar-refractivity contribution in [1.29, 1.82) is 0 Å². The Balaban J connectivity index is 2.22. The molecule has 0 aliphatic heterocycles. The summed E-state index contributed by atoms with van der Waals surface area (Å²) in [6.45, 7) is 11.5. The molecular weight excluding hydrogens is 470 g/mol. The number of aliphatic hydroxyl groups is 1. The zero-order chi connectivity index (χ0) is 27.4. The Kier molecular flexibility index (Phi) is 11.2. The predicted octanol–water partition coefficient (Wildman–Crippen LogP) is 6.52. The molecule has 0 aromatic heterocycles. The van der Waals surface area contributed by atoms with E-state index >= 15 is 0 Å². The quantitative estimate of drug-likeness (QED) is 0.203. The molecule has 0 saturated carbocycles. The van der Waals surface area contributed by atoms with E-state index in [9.17, 15) is 14.7 Å². The minimum Gasteiger partial charge on any atom is -0.512 e. The summed E-state index contributed by atoms with van der Waals surface area (Å²) < 4.78 is 16.5. The van der Waals surface area contributed by atoms with Crippen LogP contribution in [0.2, 0.25) is 0 Å². The Morgan fingerprint density at radius 3 is 2.32 bits per heavy atom. The van der Waals surface area contributed by atoms with Gasteiger partial charge >= 0.3 is 12.1 Å². The number of nitrogens with one attached hydrogen (secondary N) is 1. The molecule has 2 N–H and O–H groups in total. The summed E-state index contributed by atoms with van der Waals surface area (Å²) in [6.07, 6.45) is 3.37. The van der Waals surface area contributed by atoms with Gasteiger partial charge in [0.15, 0.2) is 0 Å². The van der Waals surface area contributed by atoms with Gasteiger partial charge in [0, 0.05) is 24.1 Å². The average Bonchev–Trinajstić information content (AvgIpc) is 2.83. The third-order valence-electron chi connectivity index (χ3n) is 5.23. The van der Waals surface area contributed by atoms with Gasteiger partial charge in [-0.2, -0.15) is 0 Å². The molecule has 0 radical (unpaired) electrons. The Bertz CT molecular complexity index is 1110. The monoisotopic (exact) mass is 509 g/mol. The standard InChI is InChI=1S/C30H39NO6/c1-7-26(32)25(24-15-11-9-14-23(24)20-31-29(34)37-30(4,5)6)18-17-21(3)36-27-16-12-10-13-22(27)19-28(33)35-8-2/h9-18,21,32H,7-8,19-20H2,1-6H3,(H,31,34)/b18-17-,26-25-. The second-order valence-electron chi connectivity index (χ2n) is 9.50. The maximum Gasteiger partial charge on any atom is 0.407 e. The molecule has 2 rings (SSSR count). The second-order valence-corrected chi connectivity index (χ2v) is 9.50. The summed E-state index contributed by atoms with van der Waals surface area (Å²) in [5, 5.41) is 13.5. The lowest BCUT2D eigenvalue weighted by Crippen LogP contribution is -2.32. The highest BCUT2D eigenvalue weighted by Gasteiger charge is 2.17. The number of carbonyl (C=O) groups excluding carboxylic acids is 2. The van der Waals surface area contributed by atoms with Crippen LogP contribution in [0.15, 0.2) is 66.4 Å². The number of aliphatic hydroxyl groups excluding tert-OH is 1. The topological polar surface area (TPSA) is 94.1 Å². The van der Waals surface area contributed by atoms with Crippen LogP contribution < -0.4 is 10.1 Å². The maximum atomic E-state index is 12.2. The molecule has 0 aliphatic carbocycles. The van der Waals surface area contributed by atoms with Gasteiger partial charge in [-0.3, -0.25) is 4.79 Å². The van der Waals surface area contributed by atoms with E-state index in [1.807, 2.05) is 95.3 Å². The van der Waals surface area contributed by atoms with Crippen molar-refractivity contribution in [3.05, 3.63) is 83.1 Å². The molecule has 0 fully saturated rings. The van der Waals surface area contributed by atoms with Crippen LogP contribution in [-0.2, 0) is 27.2 Å². The Morgan fingerprint density at radius 2 is 1.68 bits per heavy atom. The van der Waals surface area contributed by atoms with E-state index in [0.29, 0.717) is 24.4 Å². The van der Waals surface area contributed by atoms with Gasteiger partial charge in [0.05, 0.1) is 18.8 Å². The maximum absolute atomic E-state index is 12.2. The van der Waals surface area contributed by atoms with E-state index in [1.54, 1.807) is 6.92 Å². The van der Waals surface area contributed by atoms with Crippen molar-refractivity contribution in [1.82, 2.24) is 5.32 Å². The van der Waals surface area contributed by atoms with Crippen molar-refractivity contribution in [2.75, 3.05) is 6.61 Å². The number of alkyl carbamates (subject to hydrolysis) is 1. The molecule has 0 aliphatic rings. The van der Waals surface area contributed by atoms with Gasteiger partial charge in [0.2, 0.25) is 0 Å². The summed E-state index contributed by atoms with van der Waals surface area (Å²) in [5.41, 5.74) is 2.42. The van der Waals surface area contributed by atoms with Crippen LogP contribution in [-0.4, -0.2) is 35.5 Å². The lowest BCUT2D eigenvalue weighted by atomic mass is 9.97. The van der Waals surface area contributed by atoms with Crippen molar-refractivity contribution in [2.45, 2.75) is 72.6 Å². The molecule has 1 amide bonds. The van der Waals surface area contributed by atoms with Crippen LogP contribution in [0.25, 0.3) is 5.57 Å². The van der Waals surface area contributed by atoms with E-state index < -0.39 is 11.7 Å². The van der Waals surface area contributed by atoms with E-state index in [2.05, 4.69) is 5.32 Å². The molecule has 2 aromatic carbocycles. The molecule has 2 aromatic rings. The third kappa shape index (κ3) is 10.0. The molecule has 0 heterocycles. The first-order valence-corrected chi connectivity index (χ1v) is 12.6. The number of para-hydroxylation sites is 1. The summed E-state index contributed by atoms with van der Waals surface area (Å²) in [4.78, 5) is 24.1. The fourth-order valence-electron chi connectivity index (χ4n) is 3.55. The normalized spacial score (nSPS) is 13.0. The van der Waals surface area contributed by atoms with Crippen LogP contribution in [0.4, 0.5) is 4.79 Å². The number of hydrogen-bond acceptors (Lipinski definition) is 6. The highest BCUT2D eigenvalue weighted by Crippen LogP contribution is 2.26. The molecular formula is C30H39NO6. The number of amides is 1. The smallest absolute Gasteiger partial charge is 0.407 e. The molecule has 200 valence electrons. The number of carbonyl (C=O) groups is 2. The minimum atomic E-state index is -0.594. The van der Waals surface area contributed by atoms with Gasteiger partial charge in [-0.25, -0.2) is 4.79 Å². The summed E-state index contributed by atoms with van der Waals surface area (Å²) in [6, 6.07) is 14.9. The first kappa shape index (κ1) is 29.5. The van der Waals surface area contributed by atoms with Crippen molar-refractivity contribution in [3.8, 4) is 5.75 Å². The molecule has 0 spiro atoms. The number of benzene rings is 2. The molecule has 0 saturated heterocycles. The zero-order valence-electron chi connectivity index (χ0n) is 22.7. The summed E-state index contributed by atoms with van der Waals surface area (Å²) >= 11 is 0. The molecule has 37 heavy (non-hydrogen) atoms. The van der Waals surface area contributed by atoms with Gasteiger partial charge in [-0.15, -0.1) is 0 Å². The lowest BCUT2D eigenvalue weighted by molar-refractivity contribution is -0.142. The molecule has 0 bridgehead atoms. The predicted molar refractivity (Wildman–Crippen MR) is 145 cm³/mol. The van der Waals surface area contributed by atoms with Crippen LogP contribution >= 0.6 is 0 Å². The van der Waals surface area contributed by atoms with E-state index in [-0.39, 0.29) is 30.8 Å². The largest absolute Gasteiger partial charge is 0.512 e. The summed E-state index contributed by atoms with van der Waals surface area (Å²) in [7, 11) is 0. The Labute approximate surface area is 220 Å². The van der Waals surface area contributed by atoms with Gasteiger partial charge in [-0.05, 0) is 57.9 Å². The Morgan fingerprint density at radius 1 is 1.03 bits per heavy atom. The number of esters is 1. The zero-order valence-corrected chi connectivity index (χ0v) is 22.7. The van der Waals surface area contributed by atoms with Gasteiger partial charge in [-0.1, -0.05) is 55.5 Å². The highest BCUT2D eigenvalue weighted by atomic mass is 16.6. The van der Waals surface area contributed by atoms with Crippen molar-refractivity contribution < 1.29 is 28.9 Å². The number of rotatable bonds is 11. The fraction of sp³-hybridized carbons (Fsp3) is 0.400. The van der Waals surface area contributed by atoms with Crippen molar-refractivity contribution >= 4 is 17.6 Å². The van der Waals surface area contributed by atoms with Gasteiger partial charge in [0.1, 0.15) is 17.5 Å². The molecule has 7 nitrogen and oxygen atoms in total. The third-order valence-corrected chi connectivity index (χ3v) is 5.23. The van der Waals surface area contributed by atoms with Crippen molar-refractivity contribution in [2.24, 2.45) is 0 Å². The molecule has 1 atom stereocenters. The molecule has 1 unspecified atom stereocenters. The van der Waals surface area contributed by atoms with Crippen LogP contribution in [0.1, 0.15) is 64.7 Å². The molecule has 7 heteroatoms. The first-order valence-electron chi connectivity index (χ1n) is 12.6. The van der Waals surface area contributed by atoms with Crippen molar-refractivity contribution in [3.63, 3.8) is 0 Å². The summed E-state index contributed by atoms with van der Waals surface area (Å²) in [5.74, 6) is 0.507. The van der Waals surface area contributed by atoms with Gasteiger partial charge < -0.3 is 24.6 Å². The van der Waals surface area contributed by atoms with E-state index in [1.165, 1.54) is 0 Å². The van der Waals surface area contributed by atoms with E-state index in [0.717, 1.165) is 16.7 Å².